The third kappa shape index (κ3) is 1.56. The van der Waals surface area contributed by atoms with Crippen molar-refractivity contribution >= 4 is 5.91 Å². The molecule has 0 unspecified atom stereocenters. The summed E-state index contributed by atoms with van der Waals surface area (Å²) in [7, 11) is 1.88. The third-order valence-corrected chi connectivity index (χ3v) is 2.54. The molecular weight excluding hydrogens is 204 g/mol. The normalized spacial score (nSPS) is 10.4. The first kappa shape index (κ1) is 10.4. The molecule has 82 valence electrons. The number of nitrogens with zero attached hydrogens (tertiary/aromatic N) is 3. The van der Waals surface area contributed by atoms with Gasteiger partial charge in [0.05, 0.1) is 11.9 Å². The van der Waals surface area contributed by atoms with E-state index in [4.69, 9.17) is 5.73 Å². The molecule has 0 aliphatic carbocycles. The van der Waals surface area contributed by atoms with Gasteiger partial charge in [0.15, 0.2) is 0 Å². The number of primary amides is 1. The Kier molecular flexibility index (Phi) is 2.44. The van der Waals surface area contributed by atoms with Crippen molar-refractivity contribution in [2.45, 2.75) is 6.92 Å². The van der Waals surface area contributed by atoms with Crippen LogP contribution in [0, 0.1) is 6.92 Å². The van der Waals surface area contributed by atoms with Crippen molar-refractivity contribution in [3.8, 4) is 11.3 Å². The lowest BCUT2D eigenvalue weighted by Gasteiger charge is -2.06. The number of carbonyl (C=O) groups is 1. The van der Waals surface area contributed by atoms with Crippen LogP contribution in [0.2, 0.25) is 0 Å². The van der Waals surface area contributed by atoms with Gasteiger partial charge in [0.1, 0.15) is 11.5 Å². The highest BCUT2D eigenvalue weighted by Crippen LogP contribution is 2.21. The average Bonchev–Trinajstić information content (AvgIpc) is 2.60. The van der Waals surface area contributed by atoms with E-state index < -0.39 is 5.91 Å². The van der Waals surface area contributed by atoms with Gasteiger partial charge >= 0.3 is 0 Å². The van der Waals surface area contributed by atoms with Crippen molar-refractivity contribution in [2.24, 2.45) is 12.8 Å². The molecule has 2 heterocycles. The second-order valence-corrected chi connectivity index (χ2v) is 3.51. The van der Waals surface area contributed by atoms with Crippen molar-refractivity contribution in [2.75, 3.05) is 0 Å². The summed E-state index contributed by atoms with van der Waals surface area (Å²) in [6.07, 6.45) is 3.26. The van der Waals surface area contributed by atoms with E-state index in [9.17, 15) is 4.79 Å². The molecule has 0 aliphatic heterocycles. The average molecular weight is 216 g/mol. The van der Waals surface area contributed by atoms with E-state index in [0.717, 1.165) is 11.5 Å². The van der Waals surface area contributed by atoms with Gasteiger partial charge < -0.3 is 10.3 Å². The second kappa shape index (κ2) is 3.77. The smallest absolute Gasteiger partial charge is 0.268 e. The molecule has 5 heteroatoms. The fourth-order valence-electron chi connectivity index (χ4n) is 1.56. The maximum Gasteiger partial charge on any atom is 0.268 e. The van der Waals surface area contributed by atoms with Gasteiger partial charge in [0, 0.05) is 18.8 Å². The minimum atomic E-state index is -0.533. The van der Waals surface area contributed by atoms with Crippen LogP contribution in [0.3, 0.4) is 0 Å². The Morgan fingerprint density at radius 2 is 2.19 bits per heavy atom. The van der Waals surface area contributed by atoms with E-state index in [2.05, 4.69) is 9.97 Å². The van der Waals surface area contributed by atoms with E-state index in [1.807, 2.05) is 24.6 Å². The van der Waals surface area contributed by atoms with Gasteiger partial charge in [-0.05, 0) is 19.1 Å². The van der Waals surface area contributed by atoms with Gasteiger partial charge in [0.2, 0.25) is 0 Å². The van der Waals surface area contributed by atoms with Crippen LogP contribution in [-0.2, 0) is 7.05 Å². The standard InChI is InChI=1S/C11H12N4O/c1-7-14-6-9(15(7)2)8-4-3-5-13-10(8)11(12)16/h3-6H,1-2H3,(H2,12,16). The highest BCUT2D eigenvalue weighted by molar-refractivity contribution is 5.97. The number of imidazole rings is 1. The second-order valence-electron chi connectivity index (χ2n) is 3.51. The summed E-state index contributed by atoms with van der Waals surface area (Å²) in [5, 5.41) is 0. The molecule has 2 aromatic rings. The number of carbonyl (C=O) groups excluding carboxylic acids is 1. The number of pyridine rings is 1. The maximum atomic E-state index is 11.2. The van der Waals surface area contributed by atoms with E-state index in [1.54, 1.807) is 18.5 Å². The van der Waals surface area contributed by atoms with Gasteiger partial charge in [-0.15, -0.1) is 0 Å². The molecule has 0 spiro atoms. The molecule has 0 saturated carbocycles. The van der Waals surface area contributed by atoms with Crippen molar-refractivity contribution < 1.29 is 4.79 Å². The molecule has 1 amide bonds. The maximum absolute atomic E-state index is 11.2. The molecule has 0 aromatic carbocycles. The fraction of sp³-hybridized carbons (Fsp3) is 0.182. The quantitative estimate of drug-likeness (QED) is 0.810. The van der Waals surface area contributed by atoms with Crippen LogP contribution in [0.4, 0.5) is 0 Å². The van der Waals surface area contributed by atoms with E-state index in [0.29, 0.717) is 5.56 Å². The molecule has 0 bridgehead atoms. The predicted octanol–water partition coefficient (Wildman–Crippen LogP) is 0.889. The molecule has 0 radical (unpaired) electrons. The summed E-state index contributed by atoms with van der Waals surface area (Å²) in [6, 6.07) is 3.58. The summed E-state index contributed by atoms with van der Waals surface area (Å²) in [5.74, 6) is 0.337. The van der Waals surface area contributed by atoms with Crippen LogP contribution in [0.15, 0.2) is 24.5 Å². The van der Waals surface area contributed by atoms with Crippen molar-refractivity contribution in [3.05, 3.63) is 36.0 Å². The summed E-state index contributed by atoms with van der Waals surface area (Å²) in [6.45, 7) is 1.89. The van der Waals surface area contributed by atoms with E-state index >= 15 is 0 Å². The Labute approximate surface area is 92.9 Å². The summed E-state index contributed by atoms with van der Waals surface area (Å²) in [5.41, 5.74) is 7.09. The molecular formula is C11H12N4O. The van der Waals surface area contributed by atoms with E-state index in [1.165, 1.54) is 0 Å². The number of amides is 1. The number of aryl methyl sites for hydroxylation is 1. The fourth-order valence-corrected chi connectivity index (χ4v) is 1.56. The highest BCUT2D eigenvalue weighted by Gasteiger charge is 2.14. The Bertz CT molecular complexity index is 545. The molecule has 0 atom stereocenters. The van der Waals surface area contributed by atoms with Gasteiger partial charge in [-0.3, -0.25) is 9.78 Å². The number of nitrogens with two attached hydrogens (primary N) is 1. The molecule has 2 aromatic heterocycles. The van der Waals surface area contributed by atoms with Crippen LogP contribution < -0.4 is 5.73 Å². The highest BCUT2D eigenvalue weighted by atomic mass is 16.1. The van der Waals surface area contributed by atoms with Crippen LogP contribution in [-0.4, -0.2) is 20.4 Å². The minimum Gasteiger partial charge on any atom is -0.364 e. The lowest BCUT2D eigenvalue weighted by molar-refractivity contribution is 0.0996. The number of rotatable bonds is 2. The Balaban J connectivity index is 2.64. The van der Waals surface area contributed by atoms with Gasteiger partial charge in [-0.2, -0.15) is 0 Å². The topological polar surface area (TPSA) is 73.8 Å². The zero-order valence-corrected chi connectivity index (χ0v) is 9.14. The third-order valence-electron chi connectivity index (χ3n) is 2.54. The molecule has 16 heavy (non-hydrogen) atoms. The molecule has 0 fully saturated rings. The van der Waals surface area contributed by atoms with Crippen LogP contribution in [0.5, 0.6) is 0 Å². The molecule has 0 saturated heterocycles. The Morgan fingerprint density at radius 3 is 2.75 bits per heavy atom. The minimum absolute atomic E-state index is 0.269. The monoisotopic (exact) mass is 216 g/mol. The lowest BCUT2D eigenvalue weighted by Crippen LogP contribution is -2.14. The predicted molar refractivity (Wildman–Crippen MR) is 59.7 cm³/mol. The van der Waals surface area contributed by atoms with Gasteiger partial charge in [-0.25, -0.2) is 4.98 Å². The number of hydrogen-bond acceptors (Lipinski definition) is 3. The lowest BCUT2D eigenvalue weighted by atomic mass is 10.1. The zero-order valence-electron chi connectivity index (χ0n) is 9.14. The first-order valence-corrected chi connectivity index (χ1v) is 4.84. The summed E-state index contributed by atoms with van der Waals surface area (Å²) < 4.78 is 1.89. The first-order chi connectivity index (χ1) is 7.61. The van der Waals surface area contributed by atoms with Crippen LogP contribution in [0.25, 0.3) is 11.3 Å². The number of hydrogen-bond donors (Lipinski definition) is 1. The number of aromatic nitrogens is 3. The molecule has 0 aliphatic rings. The van der Waals surface area contributed by atoms with Crippen molar-refractivity contribution in [3.63, 3.8) is 0 Å². The molecule has 5 nitrogen and oxygen atoms in total. The Morgan fingerprint density at radius 1 is 1.44 bits per heavy atom. The van der Waals surface area contributed by atoms with Crippen molar-refractivity contribution in [1.82, 2.24) is 14.5 Å². The van der Waals surface area contributed by atoms with Crippen molar-refractivity contribution in [1.29, 1.82) is 0 Å². The van der Waals surface area contributed by atoms with Gasteiger partial charge in [-0.1, -0.05) is 0 Å². The van der Waals surface area contributed by atoms with E-state index in [-0.39, 0.29) is 5.69 Å². The molecule has 2 N–H and O–H groups in total. The zero-order chi connectivity index (χ0) is 11.7. The SMILES string of the molecule is Cc1ncc(-c2cccnc2C(N)=O)n1C. The van der Waals surface area contributed by atoms with Crippen LogP contribution in [0.1, 0.15) is 16.3 Å². The van der Waals surface area contributed by atoms with Gasteiger partial charge in [0.25, 0.3) is 5.91 Å². The summed E-state index contributed by atoms with van der Waals surface area (Å²) in [4.78, 5) is 19.4. The largest absolute Gasteiger partial charge is 0.364 e. The van der Waals surface area contributed by atoms with Crippen LogP contribution >= 0.6 is 0 Å². The first-order valence-electron chi connectivity index (χ1n) is 4.84. The summed E-state index contributed by atoms with van der Waals surface area (Å²) >= 11 is 0. The Hall–Kier alpha value is -2.17. The molecule has 2 rings (SSSR count).